The summed E-state index contributed by atoms with van der Waals surface area (Å²) in [7, 11) is 0. The van der Waals surface area contributed by atoms with Crippen LogP contribution in [0.25, 0.3) is 0 Å². The number of rotatable bonds is 17. The largest absolute Gasteiger partial charge is 0.480 e. The summed E-state index contributed by atoms with van der Waals surface area (Å²) in [5.74, 6) is -3.86. The molecule has 0 aliphatic carbocycles. The minimum atomic E-state index is -1.27. The third-order valence-corrected chi connectivity index (χ3v) is 5.56. The zero-order valence-electron chi connectivity index (χ0n) is 19.5. The summed E-state index contributed by atoms with van der Waals surface area (Å²) in [5.41, 5.74) is 16.2. The van der Waals surface area contributed by atoms with Crippen LogP contribution in [0.5, 0.6) is 0 Å². The quantitative estimate of drug-likeness (QED) is 0.101. The highest BCUT2D eigenvalue weighted by atomic mass is 16.4. The van der Waals surface area contributed by atoms with E-state index in [0.29, 0.717) is 51.7 Å². The molecule has 0 saturated carbocycles. The molecular weight excluding hydrogens is 446 g/mol. The summed E-state index contributed by atoms with van der Waals surface area (Å²) in [4.78, 5) is 61.3. The van der Waals surface area contributed by atoms with Gasteiger partial charge in [-0.3, -0.25) is 19.2 Å². The van der Waals surface area contributed by atoms with Crippen LogP contribution in [0, 0.1) is 0 Å². The molecule has 1 aliphatic rings. The number of hydrogen-bond donors (Lipinski definition) is 8. The number of carbonyl (C=O) groups is 5. The minimum absolute atomic E-state index is 0.191. The molecule has 13 nitrogen and oxygen atoms in total. The van der Waals surface area contributed by atoms with E-state index in [2.05, 4.69) is 21.3 Å². The third-order valence-electron chi connectivity index (χ3n) is 5.56. The molecule has 13 heteroatoms. The summed E-state index contributed by atoms with van der Waals surface area (Å²) in [5, 5.41) is 20.0. The number of unbranched alkanes of at least 4 members (excludes halogenated alkanes) is 2. The molecule has 0 bridgehead atoms. The molecule has 194 valence electrons. The molecule has 0 aromatic carbocycles. The van der Waals surface area contributed by atoms with Crippen LogP contribution < -0.4 is 38.5 Å². The van der Waals surface area contributed by atoms with Gasteiger partial charge in [0.25, 0.3) is 0 Å². The van der Waals surface area contributed by atoms with Crippen LogP contribution >= 0.6 is 0 Å². The molecule has 11 N–H and O–H groups in total. The van der Waals surface area contributed by atoms with E-state index < -0.39 is 60.2 Å². The first-order valence-corrected chi connectivity index (χ1v) is 11.7. The summed E-state index contributed by atoms with van der Waals surface area (Å²) < 4.78 is 0. The van der Waals surface area contributed by atoms with Gasteiger partial charge in [0.05, 0.1) is 12.5 Å². The number of carboxylic acids is 1. The van der Waals surface area contributed by atoms with Crippen LogP contribution in [0.15, 0.2) is 0 Å². The van der Waals surface area contributed by atoms with Gasteiger partial charge in [0.1, 0.15) is 18.1 Å². The number of nitrogens with two attached hydrogens (primary N) is 3. The van der Waals surface area contributed by atoms with E-state index in [1.807, 2.05) is 0 Å². The van der Waals surface area contributed by atoms with E-state index in [-0.39, 0.29) is 12.8 Å². The number of amides is 4. The van der Waals surface area contributed by atoms with Crippen LogP contribution in [0.3, 0.4) is 0 Å². The summed E-state index contributed by atoms with van der Waals surface area (Å²) in [6, 6.07) is -3.96. The van der Waals surface area contributed by atoms with Gasteiger partial charge in [-0.2, -0.15) is 0 Å². The van der Waals surface area contributed by atoms with Crippen molar-refractivity contribution >= 4 is 29.6 Å². The lowest BCUT2D eigenvalue weighted by atomic mass is 10.0. The second kappa shape index (κ2) is 16.0. The molecule has 1 saturated heterocycles. The Morgan fingerprint density at radius 2 is 1.41 bits per heavy atom. The van der Waals surface area contributed by atoms with Crippen LogP contribution in [0.2, 0.25) is 0 Å². The van der Waals surface area contributed by atoms with Gasteiger partial charge in [-0.05, 0) is 71.0 Å². The average molecular weight is 486 g/mol. The maximum atomic E-state index is 12.9. The molecule has 0 radical (unpaired) electrons. The van der Waals surface area contributed by atoms with E-state index in [1.54, 1.807) is 0 Å². The SMILES string of the molecule is NCCCCC(NC(=O)C(CCCCN)NC(=O)C(CC(N)=O)NC(=O)C1CCCN1)C(=O)O. The Morgan fingerprint density at radius 3 is 1.91 bits per heavy atom. The number of hydrogen-bond acceptors (Lipinski definition) is 8. The first-order chi connectivity index (χ1) is 16.2. The maximum Gasteiger partial charge on any atom is 0.326 e. The molecule has 0 aromatic heterocycles. The fourth-order valence-electron chi connectivity index (χ4n) is 3.65. The zero-order valence-corrected chi connectivity index (χ0v) is 19.5. The van der Waals surface area contributed by atoms with Crippen molar-refractivity contribution in [3.05, 3.63) is 0 Å². The second-order valence-electron chi connectivity index (χ2n) is 8.41. The van der Waals surface area contributed by atoms with Crippen molar-refractivity contribution in [2.75, 3.05) is 19.6 Å². The Morgan fingerprint density at radius 1 is 0.853 bits per heavy atom. The number of nitrogens with one attached hydrogen (secondary N) is 4. The van der Waals surface area contributed by atoms with Crippen molar-refractivity contribution < 1.29 is 29.1 Å². The third kappa shape index (κ3) is 10.9. The van der Waals surface area contributed by atoms with E-state index in [9.17, 15) is 29.1 Å². The van der Waals surface area contributed by atoms with Crippen LogP contribution in [0.4, 0.5) is 0 Å². The fraction of sp³-hybridized carbons (Fsp3) is 0.762. The number of carbonyl (C=O) groups excluding carboxylic acids is 4. The van der Waals surface area contributed by atoms with Gasteiger partial charge < -0.3 is 43.6 Å². The van der Waals surface area contributed by atoms with Gasteiger partial charge in [0.15, 0.2) is 0 Å². The molecule has 4 amide bonds. The van der Waals surface area contributed by atoms with E-state index in [4.69, 9.17) is 17.2 Å². The molecule has 1 heterocycles. The second-order valence-corrected chi connectivity index (χ2v) is 8.41. The molecule has 1 rings (SSSR count). The molecule has 4 atom stereocenters. The summed E-state index contributed by atoms with van der Waals surface area (Å²) in [6.07, 6.45) is 3.57. The molecule has 1 aliphatic heterocycles. The molecule has 0 spiro atoms. The molecule has 0 aromatic rings. The first kappa shape index (κ1) is 29.3. The van der Waals surface area contributed by atoms with Gasteiger partial charge in [-0.25, -0.2) is 4.79 Å². The van der Waals surface area contributed by atoms with E-state index >= 15 is 0 Å². The Balaban J connectivity index is 2.89. The normalized spacial score (nSPS) is 17.9. The topological polar surface area (TPSA) is 232 Å². The fourth-order valence-corrected chi connectivity index (χ4v) is 3.65. The van der Waals surface area contributed by atoms with Crippen molar-refractivity contribution in [3.8, 4) is 0 Å². The minimum Gasteiger partial charge on any atom is -0.480 e. The predicted molar refractivity (Wildman–Crippen MR) is 124 cm³/mol. The van der Waals surface area contributed by atoms with Crippen molar-refractivity contribution in [1.82, 2.24) is 21.3 Å². The lowest BCUT2D eigenvalue weighted by molar-refractivity contribution is -0.142. The number of carboxylic acid groups (broad SMARTS) is 1. The zero-order chi connectivity index (χ0) is 25.5. The standard InChI is InChI=1S/C21H39N7O6/c22-9-3-1-6-14(19(31)27-15(21(33)34)7-2-4-10-23)26-20(32)16(12-17(24)29)28-18(30)13-8-5-11-25-13/h13-16,25H,1-12,22-23H2,(H2,24,29)(H,26,32)(H,27,31)(H,28,30)(H,33,34). The molecule has 1 fully saturated rings. The monoisotopic (exact) mass is 485 g/mol. The Kier molecular flexibility index (Phi) is 13.7. The highest BCUT2D eigenvalue weighted by Gasteiger charge is 2.32. The van der Waals surface area contributed by atoms with Crippen LogP contribution in [0.1, 0.15) is 57.8 Å². The van der Waals surface area contributed by atoms with E-state index in [1.165, 1.54) is 0 Å². The first-order valence-electron chi connectivity index (χ1n) is 11.7. The van der Waals surface area contributed by atoms with Crippen molar-refractivity contribution in [2.45, 2.75) is 82.0 Å². The van der Waals surface area contributed by atoms with Crippen molar-refractivity contribution in [1.29, 1.82) is 0 Å². The Labute approximate surface area is 199 Å². The lowest BCUT2D eigenvalue weighted by Gasteiger charge is -2.25. The number of primary amides is 1. The van der Waals surface area contributed by atoms with Crippen LogP contribution in [-0.4, -0.2) is 78.5 Å². The highest BCUT2D eigenvalue weighted by Crippen LogP contribution is 2.08. The number of aliphatic carboxylic acids is 1. The highest BCUT2D eigenvalue weighted by molar-refractivity contribution is 5.96. The van der Waals surface area contributed by atoms with Crippen molar-refractivity contribution in [2.24, 2.45) is 17.2 Å². The Bertz CT molecular complexity index is 699. The summed E-state index contributed by atoms with van der Waals surface area (Å²) >= 11 is 0. The smallest absolute Gasteiger partial charge is 0.326 e. The molecule has 34 heavy (non-hydrogen) atoms. The van der Waals surface area contributed by atoms with Gasteiger partial charge in [0.2, 0.25) is 23.6 Å². The summed E-state index contributed by atoms with van der Waals surface area (Å²) in [6.45, 7) is 1.46. The predicted octanol–water partition coefficient (Wildman–Crippen LogP) is -2.59. The Hall–Kier alpha value is -2.77. The van der Waals surface area contributed by atoms with Gasteiger partial charge in [0, 0.05) is 0 Å². The van der Waals surface area contributed by atoms with Crippen molar-refractivity contribution in [3.63, 3.8) is 0 Å². The molecule has 4 unspecified atom stereocenters. The maximum absolute atomic E-state index is 12.9. The molecular formula is C21H39N7O6. The van der Waals surface area contributed by atoms with Gasteiger partial charge >= 0.3 is 5.97 Å². The van der Waals surface area contributed by atoms with Crippen LogP contribution in [-0.2, 0) is 24.0 Å². The van der Waals surface area contributed by atoms with Gasteiger partial charge in [-0.15, -0.1) is 0 Å². The van der Waals surface area contributed by atoms with E-state index in [0.717, 1.165) is 6.42 Å². The lowest BCUT2D eigenvalue weighted by Crippen LogP contribution is -2.57. The average Bonchev–Trinajstić information content (AvgIpc) is 3.32. The van der Waals surface area contributed by atoms with Gasteiger partial charge in [-0.1, -0.05) is 0 Å².